The molecule has 20 nitrogen and oxygen atoms in total. The van der Waals surface area contributed by atoms with Gasteiger partial charge in [0.05, 0.1) is 106 Å². The standard InChI is InChI=1S/C31H25N5.C30H24N6.C30H21N3O3.C30H21N3S3/c1-2-7-23(6-1)29-8-3-15-34(29)26-18-27(35-16-4-9-30(35)24-11-13-32-21-24)20-28(19-26)36-17-5-10-31(36)25-12-14-33-22-25;1-2-14-31(13-1)28-10-7-19-34(28)25-22-26(35-20-8-11-29(35)32-15-3-4-16-32)24-27(23-25)36-21-9-12-30(36)33-17-5-6-18-33;2*1-4-28(22-7-13-34-19-22)31(10-1)25-16-26(32-11-2-5-29(32)23-8-14-35-20-23)18-27(17-25)33-12-3-6-30(33)24-9-15-36-21-24/h1,3-22,32-33H,2H2;1-24H;2*1-21H. The molecule has 0 fully saturated rings. The van der Waals surface area contributed by atoms with E-state index in [1.165, 1.54) is 45.0 Å². The molecule has 0 radical (unpaired) electrons. The molecule has 0 spiro atoms. The first-order chi connectivity index (χ1) is 71.4. The Morgan fingerprint density at radius 1 is 0.215 bits per heavy atom. The highest BCUT2D eigenvalue weighted by molar-refractivity contribution is 7.08. The minimum absolute atomic E-state index is 0.985. The summed E-state index contributed by atoms with van der Waals surface area (Å²) in [5.41, 5.74) is 33.6. The van der Waals surface area contributed by atoms with Gasteiger partial charge < -0.3 is 91.7 Å². The molecule has 28 rings (SSSR count). The number of rotatable bonds is 24. The molecule has 0 amide bonds. The Kier molecular flexibility index (Phi) is 23.1. The summed E-state index contributed by atoms with van der Waals surface area (Å²) in [6, 6.07) is 107. The summed E-state index contributed by atoms with van der Waals surface area (Å²) in [5.74, 6) is 3.25. The lowest BCUT2D eigenvalue weighted by molar-refractivity contribution is 0.567. The molecule has 23 heteroatoms. The Morgan fingerprint density at radius 3 is 0.681 bits per heavy atom. The molecule has 696 valence electrons. The summed E-state index contributed by atoms with van der Waals surface area (Å²) in [7, 11) is 0. The maximum absolute atomic E-state index is 5.37. The normalized spacial score (nSPS) is 11.7. The van der Waals surface area contributed by atoms with Gasteiger partial charge in [-0.1, -0.05) is 18.2 Å². The number of H-pyrrole nitrogens is 2. The van der Waals surface area contributed by atoms with Gasteiger partial charge in [0.2, 0.25) is 0 Å². The van der Waals surface area contributed by atoms with Gasteiger partial charge in [0.25, 0.3) is 0 Å². The average Bonchev–Trinajstić information content (AvgIpc) is 1.67. The number of thiophene rings is 3. The second-order valence-electron chi connectivity index (χ2n) is 34.8. The fraction of sp³-hybridized carbons (Fsp3) is 0.00826. The first kappa shape index (κ1) is 86.6. The van der Waals surface area contributed by atoms with Gasteiger partial charge in [0, 0.05) is 248 Å². The Balaban J connectivity index is 0.000000101. The smallest absolute Gasteiger partial charge is 0.121 e. The van der Waals surface area contributed by atoms with E-state index < -0.39 is 0 Å². The van der Waals surface area contributed by atoms with Gasteiger partial charge in [-0.15, -0.1) is 0 Å². The van der Waals surface area contributed by atoms with E-state index >= 15 is 0 Å². The number of hydrogen-bond acceptors (Lipinski definition) is 6. The molecule has 27 aromatic rings. The average molecular weight is 1930 g/mol. The van der Waals surface area contributed by atoms with Gasteiger partial charge in [0.1, 0.15) is 17.5 Å². The van der Waals surface area contributed by atoms with E-state index in [4.69, 9.17) is 13.3 Å². The van der Waals surface area contributed by atoms with Crippen LogP contribution in [0.4, 0.5) is 0 Å². The van der Waals surface area contributed by atoms with Crippen molar-refractivity contribution >= 4 is 39.6 Å². The van der Waals surface area contributed by atoms with E-state index in [-0.39, 0.29) is 0 Å². The number of nitrogens with zero attached hydrogens (tertiary/aromatic N) is 15. The highest BCUT2D eigenvalue weighted by atomic mass is 32.1. The number of benzene rings is 4. The summed E-state index contributed by atoms with van der Waals surface area (Å²) >= 11 is 5.18. The number of hydrogen-bond donors (Lipinski definition) is 2. The SMILES string of the molecule is C1=CC(c2cccn2-c2cc(-n3cccc3-c3cc[nH]c3)cc(-n3cccc3-c3cc[nH]c3)c2)=CC1.c1cc(-c2ccoc2)n(-c2cc(-n3cccc3-c3ccoc3)cc(-n3cccc3-c3ccoc3)c2)c1.c1cc(-c2ccsc2)n(-c2cc(-n3cccc3-c3ccsc3)cc(-n3cccc3-c3ccsc3)c2)c1.c1ccn(-c2cccn2-c2cc(-n3cccc3-n3cccc3)cc(-n3cccc3-n3cccc3)c2)c1. The first-order valence-corrected chi connectivity index (χ1v) is 50.2. The lowest BCUT2D eigenvalue weighted by Gasteiger charge is -2.18. The second-order valence-corrected chi connectivity index (χ2v) is 37.1. The van der Waals surface area contributed by atoms with Crippen LogP contribution in [0.1, 0.15) is 12.1 Å². The summed E-state index contributed by atoms with van der Waals surface area (Å²) in [4.78, 5) is 6.38. The molecule has 0 aliphatic heterocycles. The quantitative estimate of drug-likeness (QED) is 0.0621. The van der Waals surface area contributed by atoms with Crippen LogP contribution < -0.4 is 0 Å². The molecule has 23 aromatic heterocycles. The van der Waals surface area contributed by atoms with Crippen molar-refractivity contribution in [3.05, 3.63) is 533 Å². The van der Waals surface area contributed by atoms with Gasteiger partial charge in [-0.3, -0.25) is 0 Å². The molecular weight excluding hydrogens is 1840 g/mol. The third-order valence-electron chi connectivity index (χ3n) is 26.2. The largest absolute Gasteiger partial charge is 0.472 e. The van der Waals surface area contributed by atoms with Gasteiger partial charge >= 0.3 is 0 Å². The van der Waals surface area contributed by atoms with Crippen LogP contribution in [0.5, 0.6) is 0 Å². The molecule has 23 heterocycles. The van der Waals surface area contributed by atoms with Crippen LogP contribution in [0, 0.1) is 0 Å². The van der Waals surface area contributed by atoms with Crippen molar-refractivity contribution in [2.24, 2.45) is 0 Å². The predicted molar refractivity (Wildman–Crippen MR) is 580 cm³/mol. The lowest BCUT2D eigenvalue weighted by atomic mass is 10.1. The molecule has 4 aromatic carbocycles. The third kappa shape index (κ3) is 16.9. The summed E-state index contributed by atoms with van der Waals surface area (Å²) < 4.78 is 49.4. The number of furan rings is 3. The van der Waals surface area contributed by atoms with Crippen molar-refractivity contribution in [1.29, 1.82) is 0 Å². The molecule has 0 saturated carbocycles. The van der Waals surface area contributed by atoms with Crippen molar-refractivity contribution in [2.45, 2.75) is 6.42 Å². The lowest BCUT2D eigenvalue weighted by Crippen LogP contribution is -2.08. The van der Waals surface area contributed by atoms with Crippen molar-refractivity contribution in [3.63, 3.8) is 0 Å². The molecule has 1 aliphatic carbocycles. The zero-order chi connectivity index (χ0) is 95.6. The number of aromatic amines is 2. The third-order valence-corrected chi connectivity index (χ3v) is 28.2. The van der Waals surface area contributed by atoms with Crippen molar-refractivity contribution in [1.82, 2.24) is 78.5 Å². The Hall–Kier alpha value is -18.9. The van der Waals surface area contributed by atoms with Crippen LogP contribution in [-0.4, -0.2) is 78.5 Å². The van der Waals surface area contributed by atoms with Gasteiger partial charge in [-0.05, 0) is 331 Å². The summed E-state index contributed by atoms with van der Waals surface area (Å²) in [6.45, 7) is 0. The monoisotopic (exact) mass is 1930 g/mol. The molecule has 144 heavy (non-hydrogen) atoms. The van der Waals surface area contributed by atoms with Crippen LogP contribution in [0.25, 0.3) is 181 Å². The first-order valence-electron chi connectivity index (χ1n) is 47.3. The van der Waals surface area contributed by atoms with Crippen LogP contribution >= 0.6 is 34.0 Å². The molecular formula is C121H91N17O3S3. The van der Waals surface area contributed by atoms with Crippen LogP contribution in [-0.2, 0) is 0 Å². The highest BCUT2D eigenvalue weighted by Crippen LogP contribution is 2.40. The summed E-state index contributed by atoms with van der Waals surface area (Å²) in [5, 5.41) is 13.0. The number of nitrogens with one attached hydrogen (secondary N) is 2. The number of aromatic nitrogens is 17. The maximum Gasteiger partial charge on any atom is 0.121 e. The van der Waals surface area contributed by atoms with Gasteiger partial charge in [-0.2, -0.15) is 34.0 Å². The van der Waals surface area contributed by atoms with E-state index in [0.29, 0.717) is 0 Å². The zero-order valence-electron chi connectivity index (χ0n) is 77.6. The van der Waals surface area contributed by atoms with E-state index in [1.54, 1.807) is 71.6 Å². The molecule has 0 unspecified atom stereocenters. The van der Waals surface area contributed by atoms with Crippen LogP contribution in [0.3, 0.4) is 0 Å². The van der Waals surface area contributed by atoms with E-state index in [0.717, 1.165) is 148 Å². The fourth-order valence-corrected chi connectivity index (χ4v) is 21.4. The minimum Gasteiger partial charge on any atom is -0.472 e. The van der Waals surface area contributed by atoms with Gasteiger partial charge in [0.15, 0.2) is 0 Å². The van der Waals surface area contributed by atoms with Gasteiger partial charge in [-0.25, -0.2) is 0 Å². The molecule has 0 saturated heterocycles. The Bertz CT molecular complexity index is 7600. The van der Waals surface area contributed by atoms with E-state index in [9.17, 15) is 0 Å². The maximum atomic E-state index is 5.37. The predicted octanol–water partition coefficient (Wildman–Crippen LogP) is 30.9. The molecule has 0 bridgehead atoms. The van der Waals surface area contributed by atoms with Crippen LogP contribution in [0.15, 0.2) is 541 Å². The second kappa shape index (κ2) is 38.4. The summed E-state index contributed by atoms with van der Waals surface area (Å²) in [6.07, 6.45) is 64.0. The Morgan fingerprint density at radius 2 is 0.451 bits per heavy atom. The van der Waals surface area contributed by atoms with Crippen molar-refractivity contribution in [3.8, 4) is 176 Å². The zero-order valence-corrected chi connectivity index (χ0v) is 80.0. The van der Waals surface area contributed by atoms with E-state index in [2.05, 4.69) is 471 Å². The van der Waals surface area contributed by atoms with E-state index in [1.807, 2.05) is 97.6 Å². The van der Waals surface area contributed by atoms with Crippen molar-refractivity contribution in [2.75, 3.05) is 0 Å². The van der Waals surface area contributed by atoms with Crippen LogP contribution in [0.2, 0.25) is 0 Å². The molecule has 2 N–H and O–H groups in total. The highest BCUT2D eigenvalue weighted by Gasteiger charge is 2.23. The Labute approximate surface area is 840 Å². The van der Waals surface area contributed by atoms with Crippen molar-refractivity contribution < 1.29 is 13.3 Å². The topological polar surface area (TPSA) is 145 Å². The molecule has 0 atom stereocenters. The number of allylic oxidation sites excluding steroid dienone is 4. The minimum atomic E-state index is 0.985. The fourth-order valence-electron chi connectivity index (χ4n) is 19.5. The molecule has 1 aliphatic rings.